The lowest BCUT2D eigenvalue weighted by Crippen LogP contribution is -2.25. The SMILES string of the molecule is CC[C@H](Sc1nc2c(=O)[nH]cnc2n1C)C(=O)Nc1ccc(C(C)C)cc1. The predicted octanol–water partition coefficient (Wildman–Crippen LogP) is 3.29. The lowest BCUT2D eigenvalue weighted by molar-refractivity contribution is -0.115. The molecule has 0 saturated heterocycles. The fraction of sp³-hybridized carbons (Fsp3) is 0.368. The number of hydrogen-bond acceptors (Lipinski definition) is 5. The van der Waals surface area contributed by atoms with Gasteiger partial charge in [0.25, 0.3) is 5.56 Å². The number of nitrogens with one attached hydrogen (secondary N) is 2. The second kappa shape index (κ2) is 7.96. The third-order valence-corrected chi connectivity index (χ3v) is 5.79. The van der Waals surface area contributed by atoms with Gasteiger partial charge in [-0.05, 0) is 30.0 Å². The molecule has 27 heavy (non-hydrogen) atoms. The molecule has 1 aromatic carbocycles. The molecule has 0 bridgehead atoms. The summed E-state index contributed by atoms with van der Waals surface area (Å²) in [6.07, 6.45) is 1.99. The second-order valence-electron chi connectivity index (χ2n) is 6.64. The van der Waals surface area contributed by atoms with Crippen molar-refractivity contribution in [1.29, 1.82) is 0 Å². The molecule has 0 aliphatic carbocycles. The number of carbonyl (C=O) groups is 1. The molecule has 0 aliphatic rings. The summed E-state index contributed by atoms with van der Waals surface area (Å²) in [4.78, 5) is 35.6. The first kappa shape index (κ1) is 19.2. The Balaban J connectivity index is 1.77. The number of aromatic amines is 1. The van der Waals surface area contributed by atoms with Gasteiger partial charge in [-0.2, -0.15) is 0 Å². The first-order valence-electron chi connectivity index (χ1n) is 8.88. The normalized spacial score (nSPS) is 12.5. The van der Waals surface area contributed by atoms with Gasteiger partial charge in [0, 0.05) is 12.7 Å². The number of anilines is 1. The van der Waals surface area contributed by atoms with Gasteiger partial charge in [0.15, 0.2) is 16.3 Å². The highest BCUT2D eigenvalue weighted by Gasteiger charge is 2.22. The Morgan fingerprint density at radius 2 is 2.00 bits per heavy atom. The summed E-state index contributed by atoms with van der Waals surface area (Å²) in [5.74, 6) is 0.358. The number of hydrogen-bond donors (Lipinski definition) is 2. The molecule has 2 aromatic heterocycles. The first-order chi connectivity index (χ1) is 12.9. The quantitative estimate of drug-likeness (QED) is 0.635. The Hall–Kier alpha value is -2.61. The van der Waals surface area contributed by atoms with Crippen LogP contribution >= 0.6 is 11.8 Å². The molecule has 2 N–H and O–H groups in total. The molecule has 0 saturated carbocycles. The van der Waals surface area contributed by atoms with E-state index < -0.39 is 0 Å². The predicted molar refractivity (Wildman–Crippen MR) is 108 cm³/mol. The molecule has 142 valence electrons. The van der Waals surface area contributed by atoms with E-state index in [0.717, 1.165) is 5.69 Å². The summed E-state index contributed by atoms with van der Waals surface area (Å²) >= 11 is 1.33. The highest BCUT2D eigenvalue weighted by molar-refractivity contribution is 8.00. The van der Waals surface area contributed by atoms with Crippen molar-refractivity contribution in [3.8, 4) is 0 Å². The van der Waals surface area contributed by atoms with Gasteiger partial charge < -0.3 is 14.9 Å². The van der Waals surface area contributed by atoms with Crippen LogP contribution in [-0.4, -0.2) is 30.7 Å². The van der Waals surface area contributed by atoms with E-state index in [-0.39, 0.29) is 22.2 Å². The summed E-state index contributed by atoms with van der Waals surface area (Å²) in [5, 5.41) is 3.22. The number of H-pyrrole nitrogens is 1. The maximum Gasteiger partial charge on any atom is 0.278 e. The van der Waals surface area contributed by atoms with Crippen LogP contribution < -0.4 is 10.9 Å². The number of aromatic nitrogens is 4. The van der Waals surface area contributed by atoms with E-state index in [0.29, 0.717) is 23.1 Å². The zero-order valence-electron chi connectivity index (χ0n) is 15.8. The molecule has 0 fully saturated rings. The van der Waals surface area contributed by atoms with Crippen molar-refractivity contribution in [3.63, 3.8) is 0 Å². The smallest absolute Gasteiger partial charge is 0.278 e. The largest absolute Gasteiger partial charge is 0.325 e. The number of carbonyl (C=O) groups excluding carboxylic acids is 1. The van der Waals surface area contributed by atoms with Crippen LogP contribution in [0, 0.1) is 0 Å². The monoisotopic (exact) mass is 385 g/mol. The minimum atomic E-state index is -0.329. The molecule has 2 heterocycles. The zero-order valence-corrected chi connectivity index (χ0v) is 16.6. The molecule has 8 heteroatoms. The van der Waals surface area contributed by atoms with Gasteiger partial charge in [-0.15, -0.1) is 0 Å². The van der Waals surface area contributed by atoms with Crippen LogP contribution in [0.2, 0.25) is 0 Å². The highest BCUT2D eigenvalue weighted by atomic mass is 32.2. The lowest BCUT2D eigenvalue weighted by Gasteiger charge is -2.15. The number of aryl methyl sites for hydroxylation is 1. The average molecular weight is 385 g/mol. The minimum Gasteiger partial charge on any atom is -0.325 e. The number of thioether (sulfide) groups is 1. The summed E-state index contributed by atoms with van der Waals surface area (Å²) in [6, 6.07) is 7.89. The average Bonchev–Trinajstić information content (AvgIpc) is 2.97. The molecule has 7 nitrogen and oxygen atoms in total. The third kappa shape index (κ3) is 4.05. The van der Waals surface area contributed by atoms with E-state index in [2.05, 4.69) is 34.1 Å². The molecule has 1 atom stereocenters. The number of fused-ring (bicyclic) bond motifs is 1. The summed E-state index contributed by atoms with van der Waals surface area (Å²) < 4.78 is 1.74. The van der Waals surface area contributed by atoms with E-state index in [1.54, 1.807) is 11.6 Å². The lowest BCUT2D eigenvalue weighted by atomic mass is 10.0. The topological polar surface area (TPSA) is 92.7 Å². The van der Waals surface area contributed by atoms with Crippen molar-refractivity contribution < 1.29 is 4.79 Å². The van der Waals surface area contributed by atoms with Gasteiger partial charge in [-0.25, -0.2) is 9.97 Å². The second-order valence-corrected chi connectivity index (χ2v) is 7.81. The number of nitrogens with zero attached hydrogens (tertiary/aromatic N) is 3. The van der Waals surface area contributed by atoms with Crippen molar-refractivity contribution in [2.75, 3.05) is 5.32 Å². The van der Waals surface area contributed by atoms with E-state index in [9.17, 15) is 9.59 Å². The standard InChI is InChI=1S/C19H23N5O2S/c1-5-14(17(25)22-13-8-6-12(7-9-13)11(2)3)27-19-23-15-16(24(19)4)20-10-21-18(15)26/h6-11,14H,5H2,1-4H3,(H,22,25)(H,20,21,26)/t14-/m0/s1. The Morgan fingerprint density at radius 1 is 1.30 bits per heavy atom. The Kier molecular flexibility index (Phi) is 5.65. The molecular formula is C19H23N5O2S. The first-order valence-corrected chi connectivity index (χ1v) is 9.76. The maximum atomic E-state index is 12.7. The number of benzene rings is 1. The summed E-state index contributed by atoms with van der Waals surface area (Å²) in [6.45, 7) is 6.22. The Morgan fingerprint density at radius 3 is 2.59 bits per heavy atom. The molecule has 3 aromatic rings. The van der Waals surface area contributed by atoms with Crippen molar-refractivity contribution >= 4 is 34.5 Å². The number of amides is 1. The number of rotatable bonds is 6. The molecule has 1 amide bonds. The van der Waals surface area contributed by atoms with Crippen molar-refractivity contribution in [1.82, 2.24) is 19.5 Å². The van der Waals surface area contributed by atoms with Crippen LogP contribution in [0.3, 0.4) is 0 Å². The van der Waals surface area contributed by atoms with Gasteiger partial charge in [-0.1, -0.05) is 44.7 Å². The van der Waals surface area contributed by atoms with E-state index in [1.807, 2.05) is 31.2 Å². The van der Waals surface area contributed by atoms with Gasteiger partial charge in [0.1, 0.15) is 0 Å². The van der Waals surface area contributed by atoms with Gasteiger partial charge >= 0.3 is 0 Å². The zero-order chi connectivity index (χ0) is 19.6. The Labute approximate surface area is 161 Å². The fourth-order valence-electron chi connectivity index (χ4n) is 2.72. The molecule has 0 spiro atoms. The summed E-state index contributed by atoms with van der Waals surface area (Å²) in [5.41, 5.74) is 2.49. The van der Waals surface area contributed by atoms with Gasteiger partial charge in [0.05, 0.1) is 11.6 Å². The fourth-order valence-corrected chi connectivity index (χ4v) is 3.70. The van der Waals surface area contributed by atoms with Crippen LogP contribution in [0.5, 0.6) is 0 Å². The van der Waals surface area contributed by atoms with Crippen LogP contribution in [0.4, 0.5) is 5.69 Å². The van der Waals surface area contributed by atoms with Crippen LogP contribution in [0.15, 0.2) is 40.5 Å². The van der Waals surface area contributed by atoms with Gasteiger partial charge in [0.2, 0.25) is 5.91 Å². The molecule has 0 aliphatic heterocycles. The van der Waals surface area contributed by atoms with Crippen LogP contribution in [0.25, 0.3) is 11.2 Å². The summed E-state index contributed by atoms with van der Waals surface area (Å²) in [7, 11) is 1.79. The van der Waals surface area contributed by atoms with Crippen molar-refractivity contribution in [2.24, 2.45) is 7.05 Å². The van der Waals surface area contributed by atoms with Crippen molar-refractivity contribution in [3.05, 3.63) is 46.5 Å². The minimum absolute atomic E-state index is 0.0891. The molecule has 3 rings (SSSR count). The van der Waals surface area contributed by atoms with E-state index >= 15 is 0 Å². The third-order valence-electron chi connectivity index (χ3n) is 4.38. The van der Waals surface area contributed by atoms with Crippen molar-refractivity contribution in [2.45, 2.75) is 43.5 Å². The van der Waals surface area contributed by atoms with Gasteiger partial charge in [-0.3, -0.25) is 9.59 Å². The number of imidazole rings is 1. The highest BCUT2D eigenvalue weighted by Crippen LogP contribution is 2.27. The molecule has 0 unspecified atom stereocenters. The van der Waals surface area contributed by atoms with Crippen LogP contribution in [0.1, 0.15) is 38.7 Å². The Bertz CT molecular complexity index is 1010. The van der Waals surface area contributed by atoms with E-state index in [1.165, 1.54) is 23.7 Å². The van der Waals surface area contributed by atoms with Crippen LogP contribution in [-0.2, 0) is 11.8 Å². The molecular weight excluding hydrogens is 362 g/mol. The maximum absolute atomic E-state index is 12.7. The van der Waals surface area contributed by atoms with E-state index in [4.69, 9.17) is 0 Å². The molecule has 0 radical (unpaired) electrons.